The molecule has 16 heavy (non-hydrogen) atoms. The summed E-state index contributed by atoms with van der Waals surface area (Å²) >= 11 is 0. The first-order valence-electron chi connectivity index (χ1n) is 6.55. The van der Waals surface area contributed by atoms with Crippen molar-refractivity contribution in [2.45, 2.75) is 65.3 Å². The lowest BCUT2D eigenvalue weighted by Crippen LogP contribution is -2.36. The molecule has 0 bridgehead atoms. The minimum Gasteiger partial charge on any atom is -0.481 e. The van der Waals surface area contributed by atoms with Crippen LogP contribution in [0.5, 0.6) is 0 Å². The molecule has 0 spiro atoms. The number of rotatable bonds is 10. The Bertz CT molecular complexity index is 183. The van der Waals surface area contributed by atoms with Crippen LogP contribution in [0.2, 0.25) is 0 Å². The fourth-order valence-corrected chi connectivity index (χ4v) is 1.63. The Hall–Kier alpha value is -0.570. The average Bonchev–Trinajstić information content (AvgIpc) is 2.26. The van der Waals surface area contributed by atoms with Crippen molar-refractivity contribution >= 4 is 5.97 Å². The standard InChI is InChI=1S/C13H27NO2/c1-4-5-6-7-8-9-10-14-12(3)11(2)13(15)16/h11-12,14H,4-10H2,1-3H3,(H,15,16). The van der Waals surface area contributed by atoms with E-state index in [1.54, 1.807) is 6.92 Å². The van der Waals surface area contributed by atoms with Crippen molar-refractivity contribution in [1.82, 2.24) is 5.32 Å². The van der Waals surface area contributed by atoms with E-state index in [9.17, 15) is 4.79 Å². The van der Waals surface area contributed by atoms with Crippen LogP contribution in [0.3, 0.4) is 0 Å². The summed E-state index contributed by atoms with van der Waals surface area (Å²) in [6.07, 6.45) is 7.66. The van der Waals surface area contributed by atoms with Gasteiger partial charge in [0.2, 0.25) is 0 Å². The highest BCUT2D eigenvalue weighted by Gasteiger charge is 2.17. The van der Waals surface area contributed by atoms with Crippen LogP contribution in [0.1, 0.15) is 59.3 Å². The van der Waals surface area contributed by atoms with Crippen molar-refractivity contribution in [2.24, 2.45) is 5.92 Å². The second-order valence-electron chi connectivity index (χ2n) is 4.64. The Labute approximate surface area is 99.6 Å². The van der Waals surface area contributed by atoms with Crippen molar-refractivity contribution in [2.75, 3.05) is 6.54 Å². The maximum Gasteiger partial charge on any atom is 0.307 e. The summed E-state index contributed by atoms with van der Waals surface area (Å²) in [7, 11) is 0. The fraction of sp³-hybridized carbons (Fsp3) is 0.923. The van der Waals surface area contributed by atoms with Gasteiger partial charge in [-0.2, -0.15) is 0 Å². The van der Waals surface area contributed by atoms with Gasteiger partial charge in [0.25, 0.3) is 0 Å². The van der Waals surface area contributed by atoms with Crippen LogP contribution < -0.4 is 5.32 Å². The zero-order chi connectivity index (χ0) is 12.4. The van der Waals surface area contributed by atoms with Gasteiger partial charge in [0.15, 0.2) is 0 Å². The molecule has 0 fully saturated rings. The molecule has 2 N–H and O–H groups in total. The summed E-state index contributed by atoms with van der Waals surface area (Å²) in [5, 5.41) is 12.1. The largest absolute Gasteiger partial charge is 0.481 e. The number of aliphatic carboxylic acids is 1. The van der Waals surface area contributed by atoms with Crippen LogP contribution in [0, 0.1) is 5.92 Å². The fourth-order valence-electron chi connectivity index (χ4n) is 1.63. The highest BCUT2D eigenvalue weighted by atomic mass is 16.4. The number of unbranched alkanes of at least 4 members (excludes halogenated alkanes) is 5. The van der Waals surface area contributed by atoms with Crippen LogP contribution in [0.25, 0.3) is 0 Å². The number of carbonyl (C=O) groups is 1. The molecule has 0 aliphatic heterocycles. The summed E-state index contributed by atoms with van der Waals surface area (Å²) in [4.78, 5) is 10.7. The molecule has 96 valence electrons. The van der Waals surface area contributed by atoms with Gasteiger partial charge in [-0.05, 0) is 19.9 Å². The molecule has 0 heterocycles. The van der Waals surface area contributed by atoms with Gasteiger partial charge in [0, 0.05) is 6.04 Å². The van der Waals surface area contributed by atoms with E-state index in [2.05, 4.69) is 12.2 Å². The molecule has 0 saturated carbocycles. The maximum absolute atomic E-state index is 10.7. The molecule has 0 radical (unpaired) electrons. The molecule has 0 aromatic carbocycles. The summed E-state index contributed by atoms with van der Waals surface area (Å²) in [6.45, 7) is 6.85. The van der Waals surface area contributed by atoms with E-state index in [0.717, 1.165) is 13.0 Å². The lowest BCUT2D eigenvalue weighted by molar-refractivity contribution is -0.141. The van der Waals surface area contributed by atoms with E-state index < -0.39 is 5.97 Å². The van der Waals surface area contributed by atoms with E-state index in [0.29, 0.717) is 0 Å². The molecule has 2 atom stereocenters. The summed E-state index contributed by atoms with van der Waals surface area (Å²) in [5.41, 5.74) is 0. The lowest BCUT2D eigenvalue weighted by Gasteiger charge is -2.17. The predicted octanol–water partition coefficient (Wildman–Crippen LogP) is 3.05. The van der Waals surface area contributed by atoms with Crippen molar-refractivity contribution in [3.8, 4) is 0 Å². The minimum atomic E-state index is -0.719. The number of hydrogen-bond acceptors (Lipinski definition) is 2. The van der Waals surface area contributed by atoms with Gasteiger partial charge in [0.1, 0.15) is 0 Å². The molecule has 0 aliphatic carbocycles. The minimum absolute atomic E-state index is 0.0631. The first-order valence-corrected chi connectivity index (χ1v) is 6.55. The zero-order valence-electron chi connectivity index (χ0n) is 11.0. The molecular formula is C13H27NO2. The molecule has 3 heteroatoms. The van der Waals surface area contributed by atoms with E-state index >= 15 is 0 Å². The van der Waals surface area contributed by atoms with Gasteiger partial charge in [-0.3, -0.25) is 4.79 Å². The summed E-state index contributed by atoms with van der Waals surface area (Å²) < 4.78 is 0. The smallest absolute Gasteiger partial charge is 0.307 e. The van der Waals surface area contributed by atoms with Gasteiger partial charge >= 0.3 is 5.97 Å². The second-order valence-corrected chi connectivity index (χ2v) is 4.64. The Morgan fingerprint density at radius 1 is 1.12 bits per heavy atom. The Morgan fingerprint density at radius 3 is 2.25 bits per heavy atom. The first kappa shape index (κ1) is 15.4. The SMILES string of the molecule is CCCCCCCCNC(C)C(C)C(=O)O. The maximum atomic E-state index is 10.7. The Kier molecular flexibility index (Phi) is 9.30. The van der Waals surface area contributed by atoms with Crippen LogP contribution in [-0.2, 0) is 4.79 Å². The highest BCUT2D eigenvalue weighted by Crippen LogP contribution is 2.06. The number of carboxylic acids is 1. The van der Waals surface area contributed by atoms with Gasteiger partial charge in [-0.15, -0.1) is 0 Å². The predicted molar refractivity (Wildman–Crippen MR) is 67.6 cm³/mol. The average molecular weight is 229 g/mol. The Morgan fingerprint density at radius 2 is 1.69 bits per heavy atom. The van der Waals surface area contributed by atoms with Gasteiger partial charge < -0.3 is 10.4 Å². The third-order valence-corrected chi connectivity index (χ3v) is 3.14. The first-order chi connectivity index (χ1) is 7.59. The highest BCUT2D eigenvalue weighted by molar-refractivity contribution is 5.70. The molecule has 2 unspecified atom stereocenters. The summed E-state index contributed by atoms with van der Waals surface area (Å²) in [6, 6.07) is 0.0631. The number of carboxylic acid groups (broad SMARTS) is 1. The molecule has 0 aliphatic rings. The number of hydrogen-bond donors (Lipinski definition) is 2. The van der Waals surface area contributed by atoms with Crippen molar-refractivity contribution < 1.29 is 9.90 Å². The topological polar surface area (TPSA) is 49.3 Å². The van der Waals surface area contributed by atoms with Crippen LogP contribution >= 0.6 is 0 Å². The zero-order valence-corrected chi connectivity index (χ0v) is 11.0. The Balaban J connectivity index is 3.34. The van der Waals surface area contributed by atoms with E-state index in [-0.39, 0.29) is 12.0 Å². The molecular weight excluding hydrogens is 202 g/mol. The van der Waals surface area contributed by atoms with Crippen molar-refractivity contribution in [1.29, 1.82) is 0 Å². The summed E-state index contributed by atoms with van der Waals surface area (Å²) in [5.74, 6) is -1.02. The normalized spacial score (nSPS) is 14.7. The van der Waals surface area contributed by atoms with E-state index in [4.69, 9.17) is 5.11 Å². The quantitative estimate of drug-likeness (QED) is 0.566. The molecule has 0 saturated heterocycles. The van der Waals surface area contributed by atoms with Crippen LogP contribution in [0.15, 0.2) is 0 Å². The molecule has 0 amide bonds. The third-order valence-electron chi connectivity index (χ3n) is 3.14. The van der Waals surface area contributed by atoms with Crippen LogP contribution in [0.4, 0.5) is 0 Å². The van der Waals surface area contributed by atoms with Gasteiger partial charge in [0.05, 0.1) is 5.92 Å². The van der Waals surface area contributed by atoms with Gasteiger partial charge in [-0.1, -0.05) is 46.0 Å². The van der Waals surface area contributed by atoms with E-state index in [1.807, 2.05) is 6.92 Å². The van der Waals surface area contributed by atoms with Crippen LogP contribution in [-0.4, -0.2) is 23.7 Å². The molecule has 3 nitrogen and oxygen atoms in total. The third kappa shape index (κ3) is 7.69. The molecule has 0 aromatic heterocycles. The lowest BCUT2D eigenvalue weighted by atomic mass is 10.0. The van der Waals surface area contributed by atoms with E-state index in [1.165, 1.54) is 32.1 Å². The monoisotopic (exact) mass is 229 g/mol. The number of nitrogens with one attached hydrogen (secondary N) is 1. The van der Waals surface area contributed by atoms with Crippen molar-refractivity contribution in [3.63, 3.8) is 0 Å². The molecule has 0 aromatic rings. The van der Waals surface area contributed by atoms with Gasteiger partial charge in [-0.25, -0.2) is 0 Å². The van der Waals surface area contributed by atoms with Crippen molar-refractivity contribution in [3.05, 3.63) is 0 Å². The second kappa shape index (κ2) is 9.64. The molecule has 0 rings (SSSR count).